The molecule has 0 saturated carbocycles. The van der Waals surface area contributed by atoms with Gasteiger partial charge in [0.25, 0.3) is 0 Å². The van der Waals surface area contributed by atoms with Crippen molar-refractivity contribution in [1.82, 2.24) is 0 Å². The molecule has 0 bridgehead atoms. The van der Waals surface area contributed by atoms with Crippen LogP contribution in [0.2, 0.25) is 17.2 Å². The molecule has 0 aromatic heterocycles. The van der Waals surface area contributed by atoms with E-state index in [1.807, 2.05) is 6.92 Å². The van der Waals surface area contributed by atoms with Gasteiger partial charge in [-0.05, 0) is 0 Å². The number of unbranched alkanes of at least 4 members (excludes halogenated alkanes) is 3. The Morgan fingerprint density at radius 2 is 1.66 bits per heavy atom. The summed E-state index contributed by atoms with van der Waals surface area (Å²) < 4.78 is 21.6. The molecule has 1 heterocycles. The van der Waals surface area contributed by atoms with Crippen LogP contribution in [0.15, 0.2) is 0 Å². The fourth-order valence-electron chi connectivity index (χ4n) is 4.98. The SMILES string of the molecule is CCC[CH2][Sn]([CH2]CCC)([CH2]CCC)[CH](CCC#CCOC1CCCCO1)CC(=O)OCC. The molecule has 0 radical (unpaired) electrons. The van der Waals surface area contributed by atoms with E-state index in [4.69, 9.17) is 14.2 Å². The molecule has 1 saturated heterocycles. The molecule has 32 heavy (non-hydrogen) atoms. The number of hydrogen-bond acceptors (Lipinski definition) is 4. The molecule has 0 spiro atoms. The molecule has 2 unspecified atom stereocenters. The third kappa shape index (κ3) is 12.3. The molecule has 1 fully saturated rings. The van der Waals surface area contributed by atoms with Gasteiger partial charge in [0.2, 0.25) is 0 Å². The van der Waals surface area contributed by atoms with Crippen LogP contribution in [0.1, 0.15) is 105 Å². The first-order valence-electron chi connectivity index (χ1n) is 13.5. The van der Waals surface area contributed by atoms with Gasteiger partial charge >= 0.3 is 203 Å². The molecule has 2 atom stereocenters. The minimum atomic E-state index is -2.53. The van der Waals surface area contributed by atoms with Crippen LogP contribution in [-0.4, -0.2) is 50.5 Å². The molecule has 0 amide bonds. The van der Waals surface area contributed by atoms with E-state index < -0.39 is 18.4 Å². The molecule has 4 nitrogen and oxygen atoms in total. The topological polar surface area (TPSA) is 44.8 Å². The van der Waals surface area contributed by atoms with Crippen molar-refractivity contribution < 1.29 is 19.0 Å². The van der Waals surface area contributed by atoms with Gasteiger partial charge in [-0.15, -0.1) is 0 Å². The second-order valence-corrected chi connectivity index (χ2v) is 23.8. The van der Waals surface area contributed by atoms with Gasteiger partial charge in [-0.1, -0.05) is 0 Å². The van der Waals surface area contributed by atoms with Crippen LogP contribution in [0.25, 0.3) is 0 Å². The molecule has 1 rings (SSSR count). The van der Waals surface area contributed by atoms with Crippen molar-refractivity contribution in [2.75, 3.05) is 19.8 Å². The van der Waals surface area contributed by atoms with Crippen molar-refractivity contribution in [3.05, 3.63) is 0 Å². The summed E-state index contributed by atoms with van der Waals surface area (Å²) >= 11 is -2.53. The van der Waals surface area contributed by atoms with E-state index in [1.54, 1.807) is 0 Å². The van der Waals surface area contributed by atoms with Gasteiger partial charge in [-0.3, -0.25) is 0 Å². The minimum absolute atomic E-state index is 0.00816. The van der Waals surface area contributed by atoms with Crippen LogP contribution < -0.4 is 0 Å². The standard InChI is InChI=1S/C15H23O4.3C4H9.Sn/c1-2-17-14(16)10-6-4-3-5-8-12-18-15-11-7-9-13-19-15;3*1-3-4-2;/h6,15H,2-4,7,9-13H2,1H3;3*1,3-4H2,2H3;. The molecular weight excluding hydrogens is 507 g/mol. The maximum absolute atomic E-state index is 12.6. The van der Waals surface area contributed by atoms with Gasteiger partial charge in [0.1, 0.15) is 0 Å². The van der Waals surface area contributed by atoms with Crippen LogP contribution in [0.3, 0.4) is 0 Å². The predicted molar refractivity (Wildman–Crippen MR) is 136 cm³/mol. The van der Waals surface area contributed by atoms with E-state index in [2.05, 4.69) is 32.6 Å². The van der Waals surface area contributed by atoms with Gasteiger partial charge in [0.05, 0.1) is 0 Å². The number of esters is 1. The molecule has 1 aliphatic heterocycles. The van der Waals surface area contributed by atoms with Crippen LogP contribution in [0.5, 0.6) is 0 Å². The first kappa shape index (κ1) is 29.8. The number of rotatable bonds is 17. The average Bonchev–Trinajstić information content (AvgIpc) is 2.81. The van der Waals surface area contributed by atoms with Gasteiger partial charge in [-0.2, -0.15) is 0 Å². The molecule has 0 N–H and O–H groups in total. The summed E-state index contributed by atoms with van der Waals surface area (Å²) in [5, 5.41) is 0. The van der Waals surface area contributed by atoms with Crippen LogP contribution in [0, 0.1) is 11.8 Å². The number of carbonyl (C=O) groups is 1. The third-order valence-corrected chi connectivity index (χ3v) is 24.8. The number of ether oxygens (including phenoxy) is 3. The van der Waals surface area contributed by atoms with E-state index in [1.165, 1.54) is 58.3 Å². The van der Waals surface area contributed by atoms with Crippen molar-refractivity contribution in [3.63, 3.8) is 0 Å². The molecule has 0 aromatic carbocycles. The number of carbonyl (C=O) groups excluding carboxylic acids is 1. The molecule has 0 aliphatic carbocycles. The zero-order chi connectivity index (χ0) is 23.5. The average molecular weight is 557 g/mol. The van der Waals surface area contributed by atoms with E-state index >= 15 is 0 Å². The molecule has 186 valence electrons. The Bertz CT molecular complexity index is 512. The summed E-state index contributed by atoms with van der Waals surface area (Å²) in [6, 6.07) is 0. The molecule has 0 aromatic rings. The van der Waals surface area contributed by atoms with E-state index in [-0.39, 0.29) is 12.3 Å². The Labute approximate surface area is 202 Å². The number of hydrogen-bond donors (Lipinski definition) is 0. The Balaban J connectivity index is 2.83. The van der Waals surface area contributed by atoms with Crippen LogP contribution >= 0.6 is 0 Å². The zero-order valence-corrected chi connectivity index (χ0v) is 24.4. The summed E-state index contributed by atoms with van der Waals surface area (Å²) in [4.78, 5) is 12.6. The second-order valence-electron chi connectivity index (χ2n) is 9.38. The zero-order valence-electron chi connectivity index (χ0n) is 21.5. The van der Waals surface area contributed by atoms with Crippen LogP contribution in [-0.2, 0) is 19.0 Å². The summed E-state index contributed by atoms with van der Waals surface area (Å²) in [7, 11) is 0. The predicted octanol–water partition coefficient (Wildman–Crippen LogP) is 7.49. The second kappa shape index (κ2) is 19.1. The monoisotopic (exact) mass is 558 g/mol. The fraction of sp³-hybridized carbons (Fsp3) is 0.889. The van der Waals surface area contributed by atoms with Gasteiger partial charge in [0, 0.05) is 0 Å². The van der Waals surface area contributed by atoms with Crippen molar-refractivity contribution in [3.8, 4) is 11.8 Å². The van der Waals surface area contributed by atoms with Crippen molar-refractivity contribution in [2.24, 2.45) is 0 Å². The van der Waals surface area contributed by atoms with Gasteiger partial charge < -0.3 is 0 Å². The summed E-state index contributed by atoms with van der Waals surface area (Å²) in [5.74, 6) is 6.56. The third-order valence-electron chi connectivity index (χ3n) is 6.89. The van der Waals surface area contributed by atoms with Crippen LogP contribution in [0.4, 0.5) is 0 Å². The van der Waals surface area contributed by atoms with Crippen molar-refractivity contribution in [2.45, 2.75) is 128 Å². The Hall–Kier alpha value is -0.251. The summed E-state index contributed by atoms with van der Waals surface area (Å²) in [6.45, 7) is 10.6. The summed E-state index contributed by atoms with van der Waals surface area (Å²) in [6.07, 6.45) is 13.5. The van der Waals surface area contributed by atoms with E-state index in [0.717, 1.165) is 32.3 Å². The van der Waals surface area contributed by atoms with E-state index in [9.17, 15) is 4.79 Å². The van der Waals surface area contributed by atoms with E-state index in [0.29, 0.717) is 23.6 Å². The van der Waals surface area contributed by atoms with Crippen molar-refractivity contribution in [1.29, 1.82) is 0 Å². The first-order chi connectivity index (χ1) is 15.6. The molecule has 5 heteroatoms. The molecular formula is C27H50O4Sn. The van der Waals surface area contributed by atoms with Gasteiger partial charge in [0.15, 0.2) is 0 Å². The van der Waals surface area contributed by atoms with Crippen molar-refractivity contribution >= 4 is 24.3 Å². The quantitative estimate of drug-likeness (QED) is 0.106. The fourth-order valence-corrected chi connectivity index (χ4v) is 23.5. The Morgan fingerprint density at radius 1 is 1.00 bits per heavy atom. The Kier molecular flexibility index (Phi) is 17.8. The first-order valence-corrected chi connectivity index (χ1v) is 21.2. The van der Waals surface area contributed by atoms with Gasteiger partial charge in [-0.25, -0.2) is 0 Å². The normalized spacial score (nSPS) is 17.4. The summed E-state index contributed by atoms with van der Waals surface area (Å²) in [5.41, 5.74) is 0. The molecule has 1 aliphatic rings. The Morgan fingerprint density at radius 3 is 2.19 bits per heavy atom. The maximum atomic E-state index is 12.6.